The fourth-order valence-electron chi connectivity index (χ4n) is 2.39. The lowest BCUT2D eigenvalue weighted by atomic mass is 10.1. The van der Waals surface area contributed by atoms with Gasteiger partial charge in [-0.15, -0.1) is 0 Å². The molecule has 18 heavy (non-hydrogen) atoms. The SMILES string of the molecule is CCC(CC)N(C)c1nc(C)cc(C)c1C(N)=S. The summed E-state index contributed by atoms with van der Waals surface area (Å²) in [6, 6.07) is 2.49. The zero-order chi connectivity index (χ0) is 13.9. The van der Waals surface area contributed by atoms with E-state index in [2.05, 4.69) is 30.8 Å². The van der Waals surface area contributed by atoms with E-state index in [1.165, 1.54) is 0 Å². The van der Waals surface area contributed by atoms with E-state index >= 15 is 0 Å². The lowest BCUT2D eigenvalue weighted by molar-refractivity contribution is 0.586. The molecule has 1 aromatic heterocycles. The van der Waals surface area contributed by atoms with E-state index in [-0.39, 0.29) is 0 Å². The molecule has 1 rings (SSSR count). The van der Waals surface area contributed by atoms with Crippen molar-refractivity contribution in [3.05, 3.63) is 22.9 Å². The summed E-state index contributed by atoms with van der Waals surface area (Å²) < 4.78 is 0. The van der Waals surface area contributed by atoms with Crippen molar-refractivity contribution >= 4 is 23.0 Å². The molecule has 2 N–H and O–H groups in total. The summed E-state index contributed by atoms with van der Waals surface area (Å²) in [5, 5.41) is 0. The highest BCUT2D eigenvalue weighted by molar-refractivity contribution is 7.80. The van der Waals surface area contributed by atoms with E-state index in [1.54, 1.807) is 0 Å². The number of nitrogens with two attached hydrogens (primary N) is 1. The molecule has 0 saturated carbocycles. The van der Waals surface area contributed by atoms with Crippen LogP contribution in [-0.4, -0.2) is 23.1 Å². The first-order valence-electron chi connectivity index (χ1n) is 6.43. The Kier molecular flexibility index (Phi) is 5.08. The molecule has 0 fully saturated rings. The number of hydrogen-bond donors (Lipinski definition) is 1. The van der Waals surface area contributed by atoms with Gasteiger partial charge in [0.15, 0.2) is 0 Å². The Balaban J connectivity index is 3.33. The summed E-state index contributed by atoms with van der Waals surface area (Å²) >= 11 is 5.17. The summed E-state index contributed by atoms with van der Waals surface area (Å²) in [5.41, 5.74) is 8.86. The Bertz CT molecular complexity index is 439. The molecule has 0 aliphatic heterocycles. The standard InChI is InChI=1S/C14H23N3S/c1-6-11(7-2)17(5)14-12(13(15)18)9(3)8-10(4)16-14/h8,11H,6-7H2,1-5H3,(H2,15,18). The van der Waals surface area contributed by atoms with Crippen molar-refractivity contribution in [3.63, 3.8) is 0 Å². The molecule has 0 atom stereocenters. The quantitative estimate of drug-likeness (QED) is 0.831. The molecular weight excluding hydrogens is 242 g/mol. The third-order valence-electron chi connectivity index (χ3n) is 3.40. The van der Waals surface area contributed by atoms with E-state index in [0.717, 1.165) is 35.5 Å². The molecule has 100 valence electrons. The van der Waals surface area contributed by atoms with Crippen molar-refractivity contribution in [2.45, 2.75) is 46.6 Å². The van der Waals surface area contributed by atoms with Gasteiger partial charge in [0.25, 0.3) is 0 Å². The van der Waals surface area contributed by atoms with Crippen molar-refractivity contribution in [1.82, 2.24) is 4.98 Å². The third kappa shape index (κ3) is 2.99. The summed E-state index contributed by atoms with van der Waals surface area (Å²) in [4.78, 5) is 7.26. The topological polar surface area (TPSA) is 42.2 Å². The zero-order valence-electron chi connectivity index (χ0n) is 11.9. The Morgan fingerprint density at radius 1 is 1.39 bits per heavy atom. The van der Waals surface area contributed by atoms with Crippen molar-refractivity contribution in [1.29, 1.82) is 0 Å². The van der Waals surface area contributed by atoms with Gasteiger partial charge in [0, 0.05) is 18.8 Å². The fourth-order valence-corrected chi connectivity index (χ4v) is 2.64. The smallest absolute Gasteiger partial charge is 0.139 e. The van der Waals surface area contributed by atoms with Crippen LogP contribution in [0.2, 0.25) is 0 Å². The largest absolute Gasteiger partial charge is 0.389 e. The van der Waals surface area contributed by atoms with Gasteiger partial charge in [-0.3, -0.25) is 0 Å². The van der Waals surface area contributed by atoms with Crippen LogP contribution >= 0.6 is 12.2 Å². The molecule has 0 unspecified atom stereocenters. The molecule has 4 heteroatoms. The summed E-state index contributed by atoms with van der Waals surface area (Å²) in [5.74, 6) is 0.911. The van der Waals surface area contributed by atoms with E-state index in [1.807, 2.05) is 19.9 Å². The van der Waals surface area contributed by atoms with Crippen LogP contribution in [0.3, 0.4) is 0 Å². The monoisotopic (exact) mass is 265 g/mol. The van der Waals surface area contributed by atoms with Gasteiger partial charge in [-0.1, -0.05) is 26.1 Å². The van der Waals surface area contributed by atoms with Gasteiger partial charge in [-0.05, 0) is 38.3 Å². The highest BCUT2D eigenvalue weighted by atomic mass is 32.1. The minimum atomic E-state index is 0.424. The van der Waals surface area contributed by atoms with Crippen LogP contribution in [0.15, 0.2) is 6.07 Å². The van der Waals surface area contributed by atoms with Crippen LogP contribution in [0, 0.1) is 13.8 Å². The first kappa shape index (κ1) is 14.9. The number of hydrogen-bond acceptors (Lipinski definition) is 3. The molecule has 0 aromatic carbocycles. The van der Waals surface area contributed by atoms with Crippen LogP contribution < -0.4 is 10.6 Å². The van der Waals surface area contributed by atoms with Crippen LogP contribution in [0.1, 0.15) is 43.5 Å². The molecule has 0 aliphatic rings. The zero-order valence-corrected chi connectivity index (χ0v) is 12.8. The number of nitrogens with zero attached hydrogens (tertiary/aromatic N) is 2. The minimum Gasteiger partial charge on any atom is -0.389 e. The van der Waals surface area contributed by atoms with E-state index in [9.17, 15) is 0 Å². The normalized spacial score (nSPS) is 10.8. The second-order valence-corrected chi connectivity index (χ2v) is 5.16. The van der Waals surface area contributed by atoms with Gasteiger partial charge in [-0.2, -0.15) is 0 Å². The summed E-state index contributed by atoms with van der Waals surface area (Å²) in [7, 11) is 2.07. The number of rotatable bonds is 5. The van der Waals surface area contributed by atoms with Crippen molar-refractivity contribution in [3.8, 4) is 0 Å². The Hall–Kier alpha value is -1.16. The van der Waals surface area contributed by atoms with Crippen LogP contribution in [-0.2, 0) is 0 Å². The van der Waals surface area contributed by atoms with Gasteiger partial charge >= 0.3 is 0 Å². The molecule has 0 bridgehead atoms. The average Bonchev–Trinajstić information content (AvgIpc) is 2.28. The van der Waals surface area contributed by atoms with Crippen LogP contribution in [0.5, 0.6) is 0 Å². The maximum atomic E-state index is 5.85. The van der Waals surface area contributed by atoms with E-state index in [4.69, 9.17) is 18.0 Å². The summed E-state index contributed by atoms with van der Waals surface area (Å²) in [6.07, 6.45) is 2.16. The maximum Gasteiger partial charge on any atom is 0.139 e. The van der Waals surface area contributed by atoms with Gasteiger partial charge in [0.1, 0.15) is 10.8 Å². The average molecular weight is 265 g/mol. The van der Waals surface area contributed by atoms with Gasteiger partial charge in [0.05, 0.1) is 5.56 Å². The van der Waals surface area contributed by atoms with Gasteiger partial charge < -0.3 is 10.6 Å². The maximum absolute atomic E-state index is 5.85. The Labute approximate surface area is 115 Å². The number of aromatic nitrogens is 1. The first-order chi connectivity index (χ1) is 8.42. The fraction of sp³-hybridized carbons (Fsp3) is 0.571. The second kappa shape index (κ2) is 6.14. The van der Waals surface area contributed by atoms with E-state index < -0.39 is 0 Å². The van der Waals surface area contributed by atoms with Crippen molar-refractivity contribution in [2.75, 3.05) is 11.9 Å². The molecule has 3 nitrogen and oxygen atoms in total. The van der Waals surface area contributed by atoms with Gasteiger partial charge in [-0.25, -0.2) is 4.98 Å². The lowest BCUT2D eigenvalue weighted by Gasteiger charge is -2.29. The molecule has 0 saturated heterocycles. The molecule has 0 spiro atoms. The van der Waals surface area contributed by atoms with Crippen molar-refractivity contribution < 1.29 is 0 Å². The Morgan fingerprint density at radius 3 is 2.39 bits per heavy atom. The third-order valence-corrected chi connectivity index (χ3v) is 3.60. The minimum absolute atomic E-state index is 0.424. The lowest BCUT2D eigenvalue weighted by Crippen LogP contribution is -2.33. The predicted molar refractivity (Wildman–Crippen MR) is 82.4 cm³/mol. The number of aryl methyl sites for hydroxylation is 2. The molecular formula is C14H23N3S. The molecule has 1 aromatic rings. The number of pyridine rings is 1. The van der Waals surface area contributed by atoms with Crippen LogP contribution in [0.4, 0.5) is 5.82 Å². The van der Waals surface area contributed by atoms with E-state index in [0.29, 0.717) is 11.0 Å². The van der Waals surface area contributed by atoms with Gasteiger partial charge in [0.2, 0.25) is 0 Å². The molecule has 0 radical (unpaired) electrons. The number of thiocarbonyl (C=S) groups is 1. The molecule has 0 aliphatic carbocycles. The molecule has 1 heterocycles. The molecule has 0 amide bonds. The number of anilines is 1. The Morgan fingerprint density at radius 2 is 1.94 bits per heavy atom. The second-order valence-electron chi connectivity index (χ2n) is 4.72. The highest BCUT2D eigenvalue weighted by Crippen LogP contribution is 2.24. The predicted octanol–water partition coefficient (Wildman–Crippen LogP) is 2.96. The highest BCUT2D eigenvalue weighted by Gasteiger charge is 2.19. The van der Waals surface area contributed by atoms with Crippen molar-refractivity contribution in [2.24, 2.45) is 5.73 Å². The van der Waals surface area contributed by atoms with Crippen LogP contribution in [0.25, 0.3) is 0 Å². The summed E-state index contributed by atoms with van der Waals surface area (Å²) in [6.45, 7) is 8.41. The first-order valence-corrected chi connectivity index (χ1v) is 6.84.